The Kier molecular flexibility index (Phi) is 3.45. The summed E-state index contributed by atoms with van der Waals surface area (Å²) >= 11 is 0. The van der Waals surface area contributed by atoms with Crippen molar-refractivity contribution in [2.24, 2.45) is 0 Å². The van der Waals surface area contributed by atoms with Crippen LogP contribution < -0.4 is 0 Å². The van der Waals surface area contributed by atoms with Crippen LogP contribution in [0.5, 0.6) is 0 Å². The third kappa shape index (κ3) is 2.42. The second kappa shape index (κ2) is 4.74. The lowest BCUT2D eigenvalue weighted by Crippen LogP contribution is -2.15. The van der Waals surface area contributed by atoms with Crippen molar-refractivity contribution in [1.29, 1.82) is 0 Å². The van der Waals surface area contributed by atoms with Gasteiger partial charge in [0, 0.05) is 15.7 Å². The van der Waals surface area contributed by atoms with Crippen LogP contribution in [0.2, 0.25) is 0 Å². The van der Waals surface area contributed by atoms with Gasteiger partial charge in [-0.1, -0.05) is 0 Å². The van der Waals surface area contributed by atoms with Crippen LogP contribution in [0.15, 0.2) is 29.2 Å². The van der Waals surface area contributed by atoms with E-state index < -0.39 is 22.1 Å². The molecule has 0 bridgehead atoms. The van der Waals surface area contributed by atoms with E-state index in [0.717, 1.165) is 17.7 Å². The number of ether oxygens (including phenoxy) is 1. The molecule has 1 atom stereocenters. The van der Waals surface area contributed by atoms with Gasteiger partial charge in [-0.3, -0.25) is 4.79 Å². The standard InChI is InChI=1S/C13H16O4S/c1-17-13(15)12(14)9-3-5-10(6-4-9)18(2,16)11-7-8-11/h3-6,11,16H,7-8H2,1-2H3. The summed E-state index contributed by atoms with van der Waals surface area (Å²) in [7, 11) is -0.584. The predicted molar refractivity (Wildman–Crippen MR) is 70.2 cm³/mol. The molecule has 1 N–H and O–H groups in total. The zero-order valence-corrected chi connectivity index (χ0v) is 11.2. The van der Waals surface area contributed by atoms with Gasteiger partial charge in [0.2, 0.25) is 0 Å². The molecule has 0 radical (unpaired) electrons. The Morgan fingerprint density at radius 3 is 2.28 bits per heavy atom. The molecule has 1 aliphatic rings. The summed E-state index contributed by atoms with van der Waals surface area (Å²) < 4.78 is 14.8. The number of hydrogen-bond acceptors (Lipinski definition) is 4. The lowest BCUT2D eigenvalue weighted by molar-refractivity contribution is -0.135. The minimum Gasteiger partial charge on any atom is -0.463 e. The molecule has 1 aromatic rings. The van der Waals surface area contributed by atoms with E-state index in [1.54, 1.807) is 24.3 Å². The summed E-state index contributed by atoms with van der Waals surface area (Å²) in [6, 6.07) is 6.59. The Morgan fingerprint density at radius 2 is 1.83 bits per heavy atom. The van der Waals surface area contributed by atoms with E-state index in [2.05, 4.69) is 4.74 Å². The quantitative estimate of drug-likeness (QED) is 0.517. The monoisotopic (exact) mass is 268 g/mol. The van der Waals surface area contributed by atoms with Crippen LogP contribution in [0, 0.1) is 0 Å². The minimum atomic E-state index is -1.76. The first kappa shape index (κ1) is 13.1. The Labute approximate surface area is 107 Å². The van der Waals surface area contributed by atoms with Crippen molar-refractivity contribution in [3.8, 4) is 0 Å². The molecular formula is C13H16O4S. The smallest absolute Gasteiger partial charge is 0.379 e. The van der Waals surface area contributed by atoms with Gasteiger partial charge in [-0.2, -0.15) is 0 Å². The van der Waals surface area contributed by atoms with Gasteiger partial charge in [0.15, 0.2) is 0 Å². The van der Waals surface area contributed by atoms with Crippen LogP contribution in [-0.2, 0) is 9.53 Å². The number of carbonyl (C=O) groups is 2. The molecule has 1 fully saturated rings. The highest BCUT2D eigenvalue weighted by Gasteiger charge is 2.37. The zero-order valence-electron chi connectivity index (χ0n) is 10.4. The third-order valence-corrected chi connectivity index (χ3v) is 6.13. The highest BCUT2D eigenvalue weighted by molar-refractivity contribution is 8.29. The van der Waals surface area contributed by atoms with Crippen LogP contribution in [-0.4, -0.2) is 34.9 Å². The molecule has 0 spiro atoms. The molecule has 18 heavy (non-hydrogen) atoms. The van der Waals surface area contributed by atoms with E-state index in [1.807, 2.05) is 6.26 Å². The molecule has 98 valence electrons. The summed E-state index contributed by atoms with van der Waals surface area (Å²) in [4.78, 5) is 23.5. The van der Waals surface area contributed by atoms with Crippen molar-refractivity contribution < 1.29 is 18.9 Å². The van der Waals surface area contributed by atoms with Gasteiger partial charge in [-0.15, -0.1) is 10.3 Å². The summed E-state index contributed by atoms with van der Waals surface area (Å²) in [5, 5.41) is 0.375. The number of Topliss-reactive ketones (excluding diaryl/α,β-unsaturated/α-hetero) is 1. The third-order valence-electron chi connectivity index (χ3n) is 3.14. The van der Waals surface area contributed by atoms with Crippen molar-refractivity contribution in [2.45, 2.75) is 23.0 Å². The van der Waals surface area contributed by atoms with Crippen LogP contribution in [0.3, 0.4) is 0 Å². The second-order valence-corrected chi connectivity index (χ2v) is 7.49. The maximum Gasteiger partial charge on any atom is 0.379 e. The molecule has 1 aliphatic carbocycles. The molecule has 0 aromatic heterocycles. The summed E-state index contributed by atoms with van der Waals surface area (Å²) in [6.45, 7) is 0. The van der Waals surface area contributed by atoms with Crippen LogP contribution >= 0.6 is 10.3 Å². The summed E-state index contributed by atoms with van der Waals surface area (Å²) in [5.74, 6) is -1.53. The second-order valence-electron chi connectivity index (χ2n) is 4.48. The molecule has 1 unspecified atom stereocenters. The van der Waals surface area contributed by atoms with E-state index in [0.29, 0.717) is 5.25 Å². The van der Waals surface area contributed by atoms with Crippen LogP contribution in [0.4, 0.5) is 0 Å². The van der Waals surface area contributed by atoms with E-state index in [4.69, 9.17) is 0 Å². The molecule has 0 aliphatic heterocycles. The number of methoxy groups -OCH3 is 1. The highest BCUT2D eigenvalue weighted by Crippen LogP contribution is 2.61. The predicted octanol–water partition coefficient (Wildman–Crippen LogP) is 2.47. The SMILES string of the molecule is COC(=O)C(=O)c1ccc(S(C)(O)C2CC2)cc1. The number of esters is 1. The number of benzene rings is 1. The maximum absolute atomic E-state index is 11.6. The van der Waals surface area contributed by atoms with Gasteiger partial charge in [0.05, 0.1) is 7.11 Å². The first-order valence-corrected chi connectivity index (χ1v) is 7.75. The molecule has 1 aromatic carbocycles. The lowest BCUT2D eigenvalue weighted by atomic mass is 10.1. The Balaban J connectivity index is 2.20. The number of ketones is 1. The largest absolute Gasteiger partial charge is 0.463 e. The van der Waals surface area contributed by atoms with Crippen molar-refractivity contribution >= 4 is 22.1 Å². The minimum absolute atomic E-state index is 0.289. The number of hydrogen-bond donors (Lipinski definition) is 1. The van der Waals surface area contributed by atoms with Gasteiger partial charge in [0.1, 0.15) is 0 Å². The van der Waals surface area contributed by atoms with E-state index in [-0.39, 0.29) is 5.56 Å². The maximum atomic E-state index is 11.6. The first-order valence-electron chi connectivity index (χ1n) is 5.69. The van der Waals surface area contributed by atoms with Gasteiger partial charge in [0.25, 0.3) is 5.78 Å². The Morgan fingerprint density at radius 1 is 1.28 bits per heavy atom. The molecule has 5 heteroatoms. The molecule has 0 saturated heterocycles. The lowest BCUT2D eigenvalue weighted by Gasteiger charge is -2.29. The van der Waals surface area contributed by atoms with Crippen LogP contribution in [0.1, 0.15) is 23.2 Å². The molecular weight excluding hydrogens is 252 g/mol. The molecule has 2 rings (SSSR count). The van der Waals surface area contributed by atoms with E-state index in [9.17, 15) is 14.1 Å². The molecule has 0 heterocycles. The summed E-state index contributed by atoms with van der Waals surface area (Å²) in [5.41, 5.74) is 0.289. The Bertz CT molecular complexity index is 474. The molecule has 4 nitrogen and oxygen atoms in total. The number of rotatable bonds is 4. The van der Waals surface area contributed by atoms with Crippen molar-refractivity contribution in [2.75, 3.05) is 13.4 Å². The fourth-order valence-corrected chi connectivity index (χ4v) is 3.94. The van der Waals surface area contributed by atoms with Crippen LogP contribution in [0.25, 0.3) is 0 Å². The summed E-state index contributed by atoms with van der Waals surface area (Å²) in [6.07, 6.45) is 3.98. The first-order chi connectivity index (χ1) is 8.46. The van der Waals surface area contributed by atoms with Gasteiger partial charge in [-0.05, 0) is 43.4 Å². The van der Waals surface area contributed by atoms with Crippen molar-refractivity contribution in [3.63, 3.8) is 0 Å². The Hall–Kier alpha value is -1.33. The van der Waals surface area contributed by atoms with E-state index in [1.165, 1.54) is 7.11 Å². The normalized spacial score (nSPS) is 19.7. The topological polar surface area (TPSA) is 63.6 Å². The number of carbonyl (C=O) groups excluding carboxylic acids is 2. The average Bonchev–Trinajstić information content (AvgIpc) is 3.21. The van der Waals surface area contributed by atoms with E-state index >= 15 is 0 Å². The average molecular weight is 268 g/mol. The van der Waals surface area contributed by atoms with Crippen molar-refractivity contribution in [1.82, 2.24) is 0 Å². The van der Waals surface area contributed by atoms with Gasteiger partial charge >= 0.3 is 5.97 Å². The van der Waals surface area contributed by atoms with Gasteiger partial charge in [-0.25, -0.2) is 4.79 Å². The van der Waals surface area contributed by atoms with Gasteiger partial charge < -0.3 is 9.29 Å². The fraction of sp³-hybridized carbons (Fsp3) is 0.385. The fourth-order valence-electron chi connectivity index (χ4n) is 1.81. The molecule has 1 saturated carbocycles. The van der Waals surface area contributed by atoms with Crippen molar-refractivity contribution in [3.05, 3.63) is 29.8 Å². The zero-order chi connectivity index (χ0) is 13.3. The highest BCUT2D eigenvalue weighted by atomic mass is 32.3. The molecule has 0 amide bonds.